The van der Waals surface area contributed by atoms with E-state index in [2.05, 4.69) is 15.4 Å². The predicted molar refractivity (Wildman–Crippen MR) is 64.2 cm³/mol. The molecule has 0 aliphatic rings. The summed E-state index contributed by atoms with van der Waals surface area (Å²) < 4.78 is 14.8. The van der Waals surface area contributed by atoms with E-state index < -0.39 is 0 Å². The van der Waals surface area contributed by atoms with Gasteiger partial charge in [0, 0.05) is 12.2 Å². The number of aryl methyl sites for hydroxylation is 2. The summed E-state index contributed by atoms with van der Waals surface area (Å²) in [4.78, 5) is 4.16. The zero-order valence-corrected chi connectivity index (χ0v) is 9.94. The molecule has 0 spiro atoms. The second kappa shape index (κ2) is 4.95. The Morgan fingerprint density at radius 1 is 1.41 bits per heavy atom. The highest BCUT2D eigenvalue weighted by atomic mass is 19.1. The molecule has 2 aromatic rings. The highest BCUT2D eigenvalue weighted by Crippen LogP contribution is 2.16. The first-order valence-corrected chi connectivity index (χ1v) is 5.57. The Morgan fingerprint density at radius 3 is 2.94 bits per heavy atom. The third kappa shape index (κ3) is 2.61. The third-order valence-electron chi connectivity index (χ3n) is 2.62. The second-order valence-electron chi connectivity index (χ2n) is 3.80. The van der Waals surface area contributed by atoms with Gasteiger partial charge in [-0.1, -0.05) is 0 Å². The molecule has 0 radical (unpaired) electrons. The van der Waals surface area contributed by atoms with E-state index in [0.717, 1.165) is 23.6 Å². The number of halogens is 1. The van der Waals surface area contributed by atoms with Crippen LogP contribution in [0.3, 0.4) is 0 Å². The fraction of sp³-hybridized carbons (Fsp3) is 0.333. The molecule has 0 saturated carbocycles. The first-order valence-electron chi connectivity index (χ1n) is 5.57. The molecule has 17 heavy (non-hydrogen) atoms. The first kappa shape index (κ1) is 11.6. The average molecular weight is 234 g/mol. The number of anilines is 1. The van der Waals surface area contributed by atoms with Crippen molar-refractivity contribution in [2.45, 2.75) is 26.9 Å². The summed E-state index contributed by atoms with van der Waals surface area (Å²) in [5.41, 5.74) is 1.80. The van der Waals surface area contributed by atoms with Crippen LogP contribution in [-0.2, 0) is 13.1 Å². The van der Waals surface area contributed by atoms with Gasteiger partial charge in [0.15, 0.2) is 0 Å². The second-order valence-corrected chi connectivity index (χ2v) is 3.80. The van der Waals surface area contributed by atoms with E-state index >= 15 is 0 Å². The minimum atomic E-state index is -0.218. The molecule has 1 heterocycles. The van der Waals surface area contributed by atoms with Gasteiger partial charge in [0.25, 0.3) is 0 Å². The summed E-state index contributed by atoms with van der Waals surface area (Å²) >= 11 is 0. The van der Waals surface area contributed by atoms with Gasteiger partial charge in [-0.25, -0.2) is 14.1 Å². The topological polar surface area (TPSA) is 42.7 Å². The van der Waals surface area contributed by atoms with Crippen molar-refractivity contribution in [2.75, 3.05) is 5.32 Å². The number of hydrogen-bond acceptors (Lipinski definition) is 3. The molecule has 90 valence electrons. The summed E-state index contributed by atoms with van der Waals surface area (Å²) in [5, 5.41) is 7.32. The summed E-state index contributed by atoms with van der Waals surface area (Å²) in [7, 11) is 0. The fourth-order valence-corrected chi connectivity index (χ4v) is 1.69. The van der Waals surface area contributed by atoms with Gasteiger partial charge in [-0.15, -0.1) is 0 Å². The number of rotatable bonds is 4. The molecule has 0 atom stereocenters. The van der Waals surface area contributed by atoms with Crippen LogP contribution in [0, 0.1) is 12.7 Å². The number of hydrogen-bond donors (Lipinski definition) is 1. The van der Waals surface area contributed by atoms with Gasteiger partial charge < -0.3 is 5.32 Å². The van der Waals surface area contributed by atoms with Crippen LogP contribution < -0.4 is 5.32 Å². The maximum atomic E-state index is 12.9. The van der Waals surface area contributed by atoms with Gasteiger partial charge in [-0.05, 0) is 37.6 Å². The van der Waals surface area contributed by atoms with Gasteiger partial charge in [-0.2, -0.15) is 5.10 Å². The van der Waals surface area contributed by atoms with Crippen molar-refractivity contribution in [3.05, 3.63) is 41.7 Å². The summed E-state index contributed by atoms with van der Waals surface area (Å²) in [5.74, 6) is 0.654. The van der Waals surface area contributed by atoms with E-state index in [1.807, 2.05) is 18.5 Å². The Hall–Kier alpha value is -1.91. The zero-order chi connectivity index (χ0) is 12.3. The van der Waals surface area contributed by atoms with E-state index in [1.54, 1.807) is 6.07 Å². The maximum absolute atomic E-state index is 12.9. The molecule has 1 aromatic carbocycles. The maximum Gasteiger partial charge on any atom is 0.146 e. The van der Waals surface area contributed by atoms with Gasteiger partial charge in [0.05, 0.1) is 6.54 Å². The lowest BCUT2D eigenvalue weighted by Gasteiger charge is -2.09. The van der Waals surface area contributed by atoms with Crippen molar-refractivity contribution < 1.29 is 4.39 Å². The molecular formula is C12H15FN4. The number of nitrogens with zero attached hydrogens (tertiary/aromatic N) is 3. The molecule has 1 aromatic heterocycles. The minimum absolute atomic E-state index is 0.218. The summed E-state index contributed by atoms with van der Waals surface area (Å²) in [6, 6.07) is 4.68. The smallest absolute Gasteiger partial charge is 0.146 e. The molecular weight excluding hydrogens is 219 g/mol. The van der Waals surface area contributed by atoms with Gasteiger partial charge >= 0.3 is 0 Å². The van der Waals surface area contributed by atoms with Crippen molar-refractivity contribution in [1.82, 2.24) is 14.8 Å². The van der Waals surface area contributed by atoms with E-state index in [1.165, 1.54) is 18.5 Å². The molecule has 0 amide bonds. The predicted octanol–water partition coefficient (Wildman–Crippen LogP) is 2.36. The van der Waals surface area contributed by atoms with E-state index in [9.17, 15) is 4.39 Å². The average Bonchev–Trinajstić information content (AvgIpc) is 2.75. The van der Waals surface area contributed by atoms with Crippen LogP contribution in [0.2, 0.25) is 0 Å². The standard InChI is InChI=1S/C12H15FN4/c1-3-17-12(15-8-16-17)7-14-11-5-4-10(13)6-9(11)2/h4-6,8,14H,3,7H2,1-2H3. The zero-order valence-electron chi connectivity index (χ0n) is 9.94. The van der Waals surface area contributed by atoms with Crippen molar-refractivity contribution in [2.24, 2.45) is 0 Å². The van der Waals surface area contributed by atoms with Crippen LogP contribution in [0.5, 0.6) is 0 Å². The molecule has 0 aliphatic heterocycles. The molecule has 2 rings (SSSR count). The molecule has 5 heteroatoms. The van der Waals surface area contributed by atoms with Crippen molar-refractivity contribution in [1.29, 1.82) is 0 Å². The summed E-state index contributed by atoms with van der Waals surface area (Å²) in [6.07, 6.45) is 1.54. The monoisotopic (exact) mass is 234 g/mol. The Balaban J connectivity index is 2.07. The van der Waals surface area contributed by atoms with Crippen LogP contribution in [0.25, 0.3) is 0 Å². The Labute approximate surface area is 99.5 Å². The Bertz CT molecular complexity index is 507. The van der Waals surface area contributed by atoms with Gasteiger partial charge in [-0.3, -0.25) is 0 Å². The fourth-order valence-electron chi connectivity index (χ4n) is 1.69. The number of benzene rings is 1. The van der Waals surface area contributed by atoms with Crippen LogP contribution in [0.4, 0.5) is 10.1 Å². The van der Waals surface area contributed by atoms with Crippen LogP contribution in [0.1, 0.15) is 18.3 Å². The van der Waals surface area contributed by atoms with Crippen LogP contribution in [0.15, 0.2) is 24.5 Å². The lowest BCUT2D eigenvalue weighted by Crippen LogP contribution is -2.09. The number of aromatic nitrogens is 3. The van der Waals surface area contributed by atoms with E-state index in [4.69, 9.17) is 0 Å². The highest BCUT2D eigenvalue weighted by molar-refractivity contribution is 5.50. The van der Waals surface area contributed by atoms with Crippen LogP contribution >= 0.6 is 0 Å². The SMILES string of the molecule is CCn1ncnc1CNc1ccc(F)cc1C. The van der Waals surface area contributed by atoms with Gasteiger partial charge in [0.1, 0.15) is 18.0 Å². The largest absolute Gasteiger partial charge is 0.378 e. The van der Waals surface area contributed by atoms with Crippen molar-refractivity contribution in [3.8, 4) is 0 Å². The van der Waals surface area contributed by atoms with E-state index in [0.29, 0.717) is 6.54 Å². The Kier molecular flexibility index (Phi) is 3.37. The Morgan fingerprint density at radius 2 is 2.24 bits per heavy atom. The lowest BCUT2D eigenvalue weighted by atomic mass is 10.2. The first-order chi connectivity index (χ1) is 8.20. The highest BCUT2D eigenvalue weighted by Gasteiger charge is 2.04. The van der Waals surface area contributed by atoms with Crippen LogP contribution in [-0.4, -0.2) is 14.8 Å². The van der Waals surface area contributed by atoms with Crippen molar-refractivity contribution >= 4 is 5.69 Å². The van der Waals surface area contributed by atoms with Crippen molar-refractivity contribution in [3.63, 3.8) is 0 Å². The molecule has 0 unspecified atom stereocenters. The van der Waals surface area contributed by atoms with E-state index in [-0.39, 0.29) is 5.82 Å². The molecule has 1 N–H and O–H groups in total. The summed E-state index contributed by atoms with van der Waals surface area (Å²) in [6.45, 7) is 5.26. The molecule has 0 bridgehead atoms. The molecule has 4 nitrogen and oxygen atoms in total. The quantitative estimate of drug-likeness (QED) is 0.883. The third-order valence-corrected chi connectivity index (χ3v) is 2.62. The minimum Gasteiger partial charge on any atom is -0.378 e. The molecule has 0 aliphatic carbocycles. The number of nitrogens with one attached hydrogen (secondary N) is 1. The lowest BCUT2D eigenvalue weighted by molar-refractivity contribution is 0.621. The molecule has 0 saturated heterocycles. The normalized spacial score (nSPS) is 10.5. The molecule has 0 fully saturated rings. The van der Waals surface area contributed by atoms with Gasteiger partial charge in [0.2, 0.25) is 0 Å².